The predicted molar refractivity (Wildman–Crippen MR) is 120 cm³/mol. The monoisotopic (exact) mass is 431 g/mol. The van der Waals surface area contributed by atoms with E-state index < -0.39 is 0 Å². The van der Waals surface area contributed by atoms with Crippen LogP contribution in [-0.4, -0.2) is 49.6 Å². The summed E-state index contributed by atoms with van der Waals surface area (Å²) in [5, 5.41) is 1.40. The van der Waals surface area contributed by atoms with Gasteiger partial charge in [-0.15, -0.1) is 0 Å². The summed E-state index contributed by atoms with van der Waals surface area (Å²) >= 11 is 12.8. The van der Waals surface area contributed by atoms with Crippen molar-refractivity contribution in [3.63, 3.8) is 0 Å². The summed E-state index contributed by atoms with van der Waals surface area (Å²) in [7, 11) is 3.97. The Bertz CT molecular complexity index is 894. The van der Waals surface area contributed by atoms with Gasteiger partial charge in [-0.1, -0.05) is 35.3 Å². The summed E-state index contributed by atoms with van der Waals surface area (Å²) in [6.45, 7) is 3.44. The number of benzene rings is 2. The van der Waals surface area contributed by atoms with Crippen LogP contribution >= 0.6 is 23.2 Å². The fraction of sp³-hybridized carbons (Fsp3) is 0.435. The van der Waals surface area contributed by atoms with Crippen LogP contribution in [0, 0.1) is 0 Å². The Morgan fingerprint density at radius 1 is 1.07 bits per heavy atom. The number of halogens is 2. The third-order valence-corrected chi connectivity index (χ3v) is 6.64. The van der Waals surface area contributed by atoms with E-state index in [1.807, 2.05) is 36.2 Å². The second-order valence-corrected chi connectivity index (χ2v) is 9.03. The van der Waals surface area contributed by atoms with E-state index in [0.29, 0.717) is 5.02 Å². The Balaban J connectivity index is 1.58. The molecule has 2 aromatic carbocycles. The van der Waals surface area contributed by atoms with Gasteiger partial charge in [0.15, 0.2) is 0 Å². The topological polar surface area (TPSA) is 26.8 Å². The Morgan fingerprint density at radius 2 is 1.76 bits per heavy atom. The molecule has 0 bridgehead atoms. The van der Waals surface area contributed by atoms with Crippen LogP contribution < -0.4 is 4.90 Å². The number of amides is 2. The smallest absolute Gasteiger partial charge is 0.324 e. The Hall–Kier alpha value is -1.75. The minimum atomic E-state index is 0.0822. The molecule has 2 aliphatic heterocycles. The molecule has 0 saturated carbocycles. The Morgan fingerprint density at radius 3 is 2.45 bits per heavy atom. The molecule has 29 heavy (non-hydrogen) atoms. The van der Waals surface area contributed by atoms with E-state index >= 15 is 0 Å². The number of likely N-dealkylation sites (tertiary alicyclic amines) is 1. The van der Waals surface area contributed by atoms with Crippen LogP contribution in [-0.2, 0) is 6.54 Å². The molecule has 0 N–H and O–H groups in total. The maximum atomic E-state index is 12.8. The summed E-state index contributed by atoms with van der Waals surface area (Å²) in [6.07, 6.45) is 3.41. The minimum Gasteiger partial charge on any atom is -0.324 e. The molecule has 4 rings (SSSR count). The molecule has 1 atom stereocenters. The van der Waals surface area contributed by atoms with E-state index in [-0.39, 0.29) is 11.9 Å². The number of hydrogen-bond donors (Lipinski definition) is 0. The first-order valence-electron chi connectivity index (χ1n) is 10.2. The molecule has 0 aliphatic carbocycles. The fourth-order valence-corrected chi connectivity index (χ4v) is 5.04. The lowest BCUT2D eigenvalue weighted by atomic mass is 9.84. The molecule has 0 spiro atoms. The lowest BCUT2D eigenvalue weighted by Crippen LogP contribution is -2.43. The van der Waals surface area contributed by atoms with Crippen LogP contribution in [0.5, 0.6) is 0 Å². The second-order valence-electron chi connectivity index (χ2n) is 8.19. The number of carbonyl (C=O) groups excluding carboxylic acids is 1. The van der Waals surface area contributed by atoms with E-state index in [1.54, 1.807) is 4.90 Å². The first kappa shape index (κ1) is 20.5. The van der Waals surface area contributed by atoms with Crippen molar-refractivity contribution in [2.24, 2.45) is 0 Å². The van der Waals surface area contributed by atoms with Crippen molar-refractivity contribution in [2.75, 3.05) is 38.6 Å². The first-order valence-corrected chi connectivity index (χ1v) is 11.0. The van der Waals surface area contributed by atoms with Crippen molar-refractivity contribution >= 4 is 34.9 Å². The van der Waals surface area contributed by atoms with Gasteiger partial charge in [0.25, 0.3) is 0 Å². The van der Waals surface area contributed by atoms with Crippen molar-refractivity contribution in [2.45, 2.75) is 31.7 Å². The minimum absolute atomic E-state index is 0.0822. The molecule has 2 aliphatic rings. The van der Waals surface area contributed by atoms with Gasteiger partial charge < -0.3 is 9.80 Å². The molecule has 1 unspecified atom stereocenters. The van der Waals surface area contributed by atoms with Gasteiger partial charge in [-0.25, -0.2) is 4.79 Å². The van der Waals surface area contributed by atoms with Gasteiger partial charge in [0.2, 0.25) is 0 Å². The van der Waals surface area contributed by atoms with Gasteiger partial charge in [0.05, 0.1) is 0 Å². The van der Waals surface area contributed by atoms with Gasteiger partial charge in [0, 0.05) is 54.9 Å². The van der Waals surface area contributed by atoms with E-state index in [1.165, 1.54) is 17.5 Å². The van der Waals surface area contributed by atoms with Gasteiger partial charge in [0.1, 0.15) is 0 Å². The van der Waals surface area contributed by atoms with Gasteiger partial charge in [-0.05, 0) is 67.3 Å². The summed E-state index contributed by atoms with van der Waals surface area (Å²) in [4.78, 5) is 18.8. The number of urea groups is 1. The van der Waals surface area contributed by atoms with Crippen LogP contribution in [0.4, 0.5) is 10.5 Å². The highest BCUT2D eigenvalue weighted by molar-refractivity contribution is 6.35. The summed E-state index contributed by atoms with van der Waals surface area (Å²) in [5.41, 5.74) is 4.47. The number of piperidine rings is 1. The molecule has 2 heterocycles. The highest BCUT2D eigenvalue weighted by atomic mass is 35.5. The van der Waals surface area contributed by atoms with Gasteiger partial charge in [-0.2, -0.15) is 0 Å². The van der Waals surface area contributed by atoms with Crippen LogP contribution in [0.15, 0.2) is 36.4 Å². The Kier molecular flexibility index (Phi) is 6.05. The third kappa shape index (κ3) is 4.25. The molecule has 2 amide bonds. The SMILES string of the molecule is CN1Cc2c(Cl)cc(Cl)cc2C(c2ccc(N(C)C(=O)N3CCCCC3)cc2)C1. The zero-order valence-electron chi connectivity index (χ0n) is 17.0. The molecular weight excluding hydrogens is 405 g/mol. The van der Waals surface area contributed by atoms with Gasteiger partial charge >= 0.3 is 6.03 Å². The summed E-state index contributed by atoms with van der Waals surface area (Å²) in [6, 6.07) is 12.3. The molecule has 154 valence electrons. The van der Waals surface area contributed by atoms with Crippen molar-refractivity contribution in [1.29, 1.82) is 0 Å². The van der Waals surface area contributed by atoms with E-state index in [9.17, 15) is 4.79 Å². The lowest BCUT2D eigenvalue weighted by Gasteiger charge is -2.34. The number of rotatable bonds is 2. The van der Waals surface area contributed by atoms with Crippen LogP contribution in [0.3, 0.4) is 0 Å². The fourth-order valence-electron chi connectivity index (χ4n) is 4.47. The van der Waals surface area contributed by atoms with E-state index in [4.69, 9.17) is 23.2 Å². The van der Waals surface area contributed by atoms with Crippen LogP contribution in [0.1, 0.15) is 41.9 Å². The molecule has 0 radical (unpaired) electrons. The lowest BCUT2D eigenvalue weighted by molar-refractivity contribution is 0.194. The quantitative estimate of drug-likeness (QED) is 0.617. The number of fused-ring (bicyclic) bond motifs is 1. The molecule has 2 aromatic rings. The summed E-state index contributed by atoms with van der Waals surface area (Å²) < 4.78 is 0. The maximum absolute atomic E-state index is 12.8. The summed E-state index contributed by atoms with van der Waals surface area (Å²) in [5.74, 6) is 0.206. The number of likely N-dealkylation sites (N-methyl/N-ethyl adjacent to an activating group) is 1. The molecule has 4 nitrogen and oxygen atoms in total. The van der Waals surface area contributed by atoms with Crippen molar-refractivity contribution < 1.29 is 4.79 Å². The molecule has 0 aromatic heterocycles. The van der Waals surface area contributed by atoms with Crippen LogP contribution in [0.25, 0.3) is 0 Å². The standard InChI is InChI=1S/C23H27Cl2N3O/c1-26-14-20(19-12-17(24)13-22(25)21(19)15-26)16-6-8-18(9-7-16)27(2)23(29)28-10-4-3-5-11-28/h6-9,12-13,20H,3-5,10-11,14-15H2,1-2H3. The zero-order chi connectivity index (χ0) is 20.5. The molecule has 1 fully saturated rings. The largest absolute Gasteiger partial charge is 0.324 e. The molecule has 1 saturated heterocycles. The average Bonchev–Trinajstić information content (AvgIpc) is 2.73. The van der Waals surface area contributed by atoms with Crippen LogP contribution in [0.2, 0.25) is 10.0 Å². The zero-order valence-corrected chi connectivity index (χ0v) is 18.5. The number of anilines is 1. The maximum Gasteiger partial charge on any atom is 0.324 e. The first-order chi connectivity index (χ1) is 13.9. The predicted octanol–water partition coefficient (Wildman–Crippen LogP) is 5.61. The molecule has 6 heteroatoms. The second kappa shape index (κ2) is 8.55. The van der Waals surface area contributed by atoms with Crippen molar-refractivity contribution in [1.82, 2.24) is 9.80 Å². The van der Waals surface area contributed by atoms with Crippen molar-refractivity contribution in [3.8, 4) is 0 Å². The number of carbonyl (C=O) groups is 1. The van der Waals surface area contributed by atoms with E-state index in [0.717, 1.165) is 55.3 Å². The average molecular weight is 432 g/mol. The highest BCUT2D eigenvalue weighted by Crippen LogP contribution is 2.38. The number of hydrogen-bond acceptors (Lipinski definition) is 2. The third-order valence-electron chi connectivity index (χ3n) is 6.09. The normalized spacial score (nSPS) is 19.7. The molecular formula is C23H27Cl2N3O. The van der Waals surface area contributed by atoms with E-state index in [2.05, 4.69) is 24.1 Å². The van der Waals surface area contributed by atoms with Crippen molar-refractivity contribution in [3.05, 3.63) is 63.1 Å². The number of nitrogens with zero attached hydrogens (tertiary/aromatic N) is 3. The van der Waals surface area contributed by atoms with Gasteiger partial charge in [-0.3, -0.25) is 4.90 Å². The highest BCUT2D eigenvalue weighted by Gasteiger charge is 2.27. The Labute approximate surface area is 183 Å².